The monoisotopic (exact) mass is 553 g/mol. The molecule has 1 rings (SSSR count). The second-order valence-electron chi connectivity index (χ2n) is 8.03. The minimum Gasteiger partial charge on any atom is -1.00 e. The molecule has 0 aliphatic rings. The van der Waals surface area contributed by atoms with Gasteiger partial charge < -0.3 is 37.9 Å². The number of nitrogens with zero attached hydrogens (tertiary/aromatic N) is 7. The molecular formula is C18H34IN8O4+3. The van der Waals surface area contributed by atoms with E-state index in [1.54, 1.807) is 6.20 Å². The molecule has 13 heteroatoms. The number of nitrogens with one attached hydrogen (secondary N) is 1. The molecule has 12 nitrogen and oxygen atoms in total. The van der Waals surface area contributed by atoms with Crippen molar-refractivity contribution in [1.29, 1.82) is 5.53 Å². The number of halogens is 1. The Morgan fingerprint density at radius 2 is 1.71 bits per heavy atom. The number of quaternary nitrogens is 2. The number of esters is 2. The van der Waals surface area contributed by atoms with Crippen molar-refractivity contribution in [2.24, 2.45) is 5.11 Å². The van der Waals surface area contributed by atoms with Crippen molar-refractivity contribution in [2.75, 3.05) is 69.6 Å². The van der Waals surface area contributed by atoms with Gasteiger partial charge in [0.25, 0.3) is 0 Å². The number of hydrogen-bond donors (Lipinski definition) is 1. The van der Waals surface area contributed by atoms with Gasteiger partial charge in [0.2, 0.25) is 11.5 Å². The average molecular weight is 553 g/mol. The van der Waals surface area contributed by atoms with Crippen molar-refractivity contribution < 1.29 is 52.0 Å². The summed E-state index contributed by atoms with van der Waals surface area (Å²) in [7, 11) is 14.9. The van der Waals surface area contributed by atoms with Crippen molar-refractivity contribution in [1.82, 2.24) is 19.9 Å². The number of carbonyl (C=O) groups excluding carboxylic acids is 2. The van der Waals surface area contributed by atoms with Gasteiger partial charge in [-0.2, -0.15) is 0 Å². The molecule has 0 atom stereocenters. The smallest absolute Gasteiger partial charge is 1.00 e. The average Bonchev–Trinajstić information content (AvgIpc) is 3.04. The summed E-state index contributed by atoms with van der Waals surface area (Å²) >= 11 is 0. The number of methoxy groups -OCH3 is 2. The van der Waals surface area contributed by atoms with Crippen molar-refractivity contribution >= 4 is 11.9 Å². The predicted molar refractivity (Wildman–Crippen MR) is 108 cm³/mol. The van der Waals surface area contributed by atoms with Gasteiger partial charge >= 0.3 is 56.5 Å². The van der Waals surface area contributed by atoms with E-state index in [4.69, 9.17) is 12.0 Å². The number of rotatable bonds is 7. The Balaban J connectivity index is -0.000000418. The molecule has 0 unspecified atom stereocenters. The molecule has 1 aromatic rings. The molecule has 0 amide bonds. The Labute approximate surface area is 201 Å². The van der Waals surface area contributed by atoms with Gasteiger partial charge in [-0.15, -0.1) is 5.10 Å². The van der Waals surface area contributed by atoms with Gasteiger partial charge in [-0.05, 0) is 0 Å². The van der Waals surface area contributed by atoms with Gasteiger partial charge in [-0.3, -0.25) is 4.79 Å². The van der Waals surface area contributed by atoms with Crippen LogP contribution >= 0.6 is 0 Å². The number of hydrogen-bond acceptors (Lipinski definition) is 8. The van der Waals surface area contributed by atoms with Crippen LogP contribution in [0.3, 0.4) is 0 Å². The Morgan fingerprint density at radius 3 is 2.06 bits per heavy atom. The second kappa shape index (κ2) is 17.5. The molecule has 0 fully saturated rings. The molecule has 31 heavy (non-hydrogen) atoms. The van der Waals surface area contributed by atoms with Crippen LogP contribution in [0.5, 0.6) is 0 Å². The zero-order valence-corrected chi connectivity index (χ0v) is 21.7. The molecular weight excluding hydrogens is 519 g/mol. The summed E-state index contributed by atoms with van der Waals surface area (Å²) < 4.78 is 11.8. The third-order valence-corrected chi connectivity index (χ3v) is 2.79. The van der Waals surface area contributed by atoms with Crippen molar-refractivity contribution in [3.63, 3.8) is 0 Å². The summed E-state index contributed by atoms with van der Waals surface area (Å²) in [6, 6.07) is 0. The quantitative estimate of drug-likeness (QED) is 0.0714. The summed E-state index contributed by atoms with van der Waals surface area (Å²) in [5.41, 5.74) is 6.99. The first kappa shape index (κ1) is 33.5. The van der Waals surface area contributed by atoms with Crippen LogP contribution in [-0.2, 0) is 32.2 Å². The van der Waals surface area contributed by atoms with E-state index in [2.05, 4.69) is 56.9 Å². The van der Waals surface area contributed by atoms with Crippen molar-refractivity contribution in [3.05, 3.63) is 18.3 Å². The molecule has 0 spiro atoms. The summed E-state index contributed by atoms with van der Waals surface area (Å²) in [6.07, 6.45) is 8.36. The Morgan fingerprint density at radius 1 is 1.16 bits per heavy atom. The molecule has 0 bridgehead atoms. The van der Waals surface area contributed by atoms with Crippen LogP contribution in [0.25, 0.3) is 0 Å². The molecule has 1 heterocycles. The van der Waals surface area contributed by atoms with Crippen LogP contribution in [0.1, 0.15) is 5.69 Å². The molecule has 174 valence electrons. The maximum absolute atomic E-state index is 11.0. The Kier molecular flexibility index (Phi) is 18.9. The summed E-state index contributed by atoms with van der Waals surface area (Å²) in [4.78, 5) is 23.7. The van der Waals surface area contributed by atoms with E-state index in [9.17, 15) is 9.59 Å². The maximum atomic E-state index is 11.0. The molecule has 0 aromatic carbocycles. The first-order valence-electron chi connectivity index (χ1n) is 8.84. The van der Waals surface area contributed by atoms with Gasteiger partial charge in [0.05, 0.1) is 41.6 Å². The maximum Gasteiger partial charge on any atom is -1.00 e. The van der Waals surface area contributed by atoms with Crippen LogP contribution in [0.4, 0.5) is 0 Å². The summed E-state index contributed by atoms with van der Waals surface area (Å²) in [5.74, 6) is 1.52. The van der Waals surface area contributed by atoms with Gasteiger partial charge in [0.1, 0.15) is 29.4 Å². The molecule has 1 N–H and O–H groups in total. The molecule has 1 aromatic heterocycles. The zero-order valence-electron chi connectivity index (χ0n) is 19.5. The van der Waals surface area contributed by atoms with Crippen molar-refractivity contribution in [3.8, 4) is 5.92 Å². The van der Waals surface area contributed by atoms with Gasteiger partial charge in [0, 0.05) is 0 Å². The largest absolute Gasteiger partial charge is 1.00 e. The van der Waals surface area contributed by atoms with Gasteiger partial charge in [-0.25, -0.2) is 9.48 Å². The van der Waals surface area contributed by atoms with Crippen LogP contribution in [0, 0.1) is 17.9 Å². The fourth-order valence-electron chi connectivity index (χ4n) is 1.57. The fraction of sp³-hybridized carbons (Fsp3) is 0.667. The first-order valence-corrected chi connectivity index (χ1v) is 8.84. The van der Waals surface area contributed by atoms with Crippen molar-refractivity contribution in [2.45, 2.75) is 13.1 Å². The third kappa shape index (κ3) is 24.0. The molecule has 0 aliphatic carbocycles. The zero-order chi connectivity index (χ0) is 23.8. The van der Waals surface area contributed by atoms with Gasteiger partial charge in [0.15, 0.2) is 0 Å². The number of ether oxygens (including phenoxy) is 2. The van der Waals surface area contributed by atoms with Crippen LogP contribution in [0.2, 0.25) is 0 Å². The second-order valence-corrected chi connectivity index (χ2v) is 8.03. The molecule has 0 saturated heterocycles. The number of carbonyl (C=O) groups is 2. The van der Waals surface area contributed by atoms with E-state index in [0.29, 0.717) is 6.54 Å². The molecule has 0 aliphatic heterocycles. The minimum atomic E-state index is -0.485. The van der Waals surface area contributed by atoms with Gasteiger partial charge in [-0.1, -0.05) is 5.21 Å². The minimum absolute atomic E-state index is 0. The van der Waals surface area contributed by atoms with E-state index in [1.807, 2.05) is 21.1 Å². The molecule has 0 saturated carbocycles. The van der Waals surface area contributed by atoms with E-state index in [0.717, 1.165) is 21.2 Å². The topological polar surface area (TPSA) is 134 Å². The summed E-state index contributed by atoms with van der Waals surface area (Å²) in [5, 5.41) is 10.9. The SMILES string of the molecule is COC(=O)CN=[N+]=N.COC(=O)Cn1cc(C[N+](C)(C)C)nn1.[C+]#CC[N+](C)(C)C.[I-]. The standard InChI is InChI=1S/C9H17N4O2.C6H11N.C3H6N3O2.HI/c1-13(2,3)7-8-5-12(11-10-8)6-9(14)15-4;1-5-6-7(2,3)4;1-8-3(7)2-5-6-4;/h5H,6-7H2,1-4H3;6H2,2-4H3;4H,2H2,1H3;1H/q+1;+2;+1;/p-1. The summed E-state index contributed by atoms with van der Waals surface area (Å²) in [6.45, 7) is 1.42. The van der Waals surface area contributed by atoms with Crippen LogP contribution < -0.4 is 28.9 Å². The van der Waals surface area contributed by atoms with Crippen LogP contribution in [0.15, 0.2) is 11.3 Å². The number of aromatic nitrogens is 3. The Hall–Kier alpha value is -2.18. The van der Waals surface area contributed by atoms with E-state index in [-0.39, 0.29) is 43.0 Å². The normalized spacial score (nSPS) is 9.87. The van der Waals surface area contributed by atoms with E-state index in [1.165, 1.54) is 18.9 Å². The predicted octanol–water partition coefficient (Wildman–Crippen LogP) is -3.35. The first-order chi connectivity index (χ1) is 13.8. The molecule has 0 radical (unpaired) electrons. The van der Waals surface area contributed by atoms with Crippen LogP contribution in [-0.4, -0.2) is 105 Å². The fourth-order valence-corrected chi connectivity index (χ4v) is 1.57. The van der Waals surface area contributed by atoms with E-state index < -0.39 is 5.97 Å². The third-order valence-electron chi connectivity index (χ3n) is 2.79. The van der Waals surface area contributed by atoms with E-state index >= 15 is 0 Å². The Bertz CT molecular complexity index is 741.